The highest BCUT2D eigenvalue weighted by atomic mass is 14.9. The third kappa shape index (κ3) is 6.65. The largest absolute Gasteiger partial charge is 0.312 e. The zero-order chi connectivity index (χ0) is 16.3. The molecule has 1 heteroatoms. The molecule has 1 aromatic rings. The fraction of sp³-hybridized carbons (Fsp3) is 0.700. The second-order valence-electron chi connectivity index (χ2n) is 8.74. The molecular formula is C20H35N. The van der Waals surface area contributed by atoms with Crippen LogP contribution < -0.4 is 5.32 Å². The van der Waals surface area contributed by atoms with Crippen molar-refractivity contribution in [2.75, 3.05) is 6.54 Å². The second-order valence-corrected chi connectivity index (χ2v) is 8.74. The highest BCUT2D eigenvalue weighted by molar-refractivity contribution is 5.27. The van der Waals surface area contributed by atoms with E-state index < -0.39 is 0 Å². The molecule has 0 fully saturated rings. The zero-order valence-corrected chi connectivity index (χ0v) is 15.4. The molecule has 0 bridgehead atoms. The van der Waals surface area contributed by atoms with Crippen LogP contribution in [-0.4, -0.2) is 12.1 Å². The Morgan fingerprint density at radius 2 is 1.38 bits per heavy atom. The van der Waals surface area contributed by atoms with Gasteiger partial charge >= 0.3 is 0 Å². The highest BCUT2D eigenvalue weighted by Crippen LogP contribution is 2.24. The fourth-order valence-corrected chi connectivity index (χ4v) is 2.38. The zero-order valence-electron chi connectivity index (χ0n) is 15.4. The van der Waals surface area contributed by atoms with Gasteiger partial charge in [0.15, 0.2) is 0 Å². The summed E-state index contributed by atoms with van der Waals surface area (Å²) in [6.45, 7) is 19.3. The first-order chi connectivity index (χ1) is 9.49. The molecule has 0 aliphatic rings. The summed E-state index contributed by atoms with van der Waals surface area (Å²) in [7, 11) is 0. The quantitative estimate of drug-likeness (QED) is 0.787. The standard InChI is InChI=1S/C20H35N/c1-15(16(2)14-21-20(6,7)8)13-17-9-11-18(12-10-17)19(3,4)5/h9-12,15-16,21H,13-14H2,1-8H3. The van der Waals surface area contributed by atoms with Crippen LogP contribution >= 0.6 is 0 Å². The molecular weight excluding hydrogens is 254 g/mol. The average molecular weight is 290 g/mol. The Morgan fingerprint density at radius 3 is 1.81 bits per heavy atom. The Hall–Kier alpha value is -0.820. The first-order valence-electron chi connectivity index (χ1n) is 8.33. The van der Waals surface area contributed by atoms with Gasteiger partial charge in [0.2, 0.25) is 0 Å². The van der Waals surface area contributed by atoms with E-state index in [-0.39, 0.29) is 11.0 Å². The monoisotopic (exact) mass is 289 g/mol. The summed E-state index contributed by atoms with van der Waals surface area (Å²) >= 11 is 0. The van der Waals surface area contributed by atoms with Crippen LogP contribution in [0.3, 0.4) is 0 Å². The Morgan fingerprint density at radius 1 is 0.857 bits per heavy atom. The lowest BCUT2D eigenvalue weighted by atomic mass is 9.85. The van der Waals surface area contributed by atoms with Gasteiger partial charge in [0.1, 0.15) is 0 Å². The van der Waals surface area contributed by atoms with Gasteiger partial charge < -0.3 is 5.32 Å². The number of nitrogens with one attached hydrogen (secondary N) is 1. The van der Waals surface area contributed by atoms with Crippen LogP contribution in [0.25, 0.3) is 0 Å². The van der Waals surface area contributed by atoms with Crippen molar-refractivity contribution in [3.05, 3.63) is 35.4 Å². The van der Waals surface area contributed by atoms with Gasteiger partial charge in [-0.25, -0.2) is 0 Å². The topological polar surface area (TPSA) is 12.0 Å². The van der Waals surface area contributed by atoms with Crippen LogP contribution in [0.15, 0.2) is 24.3 Å². The molecule has 0 radical (unpaired) electrons. The number of benzene rings is 1. The molecule has 0 saturated heterocycles. The molecule has 0 saturated carbocycles. The van der Waals surface area contributed by atoms with E-state index in [1.165, 1.54) is 11.1 Å². The van der Waals surface area contributed by atoms with Gasteiger partial charge in [-0.15, -0.1) is 0 Å². The van der Waals surface area contributed by atoms with Crippen LogP contribution in [0.5, 0.6) is 0 Å². The maximum Gasteiger partial charge on any atom is 0.00966 e. The number of rotatable bonds is 5. The van der Waals surface area contributed by atoms with Crippen molar-refractivity contribution in [2.45, 2.75) is 72.8 Å². The number of hydrogen-bond acceptors (Lipinski definition) is 1. The second kappa shape index (κ2) is 6.96. The van der Waals surface area contributed by atoms with Crippen LogP contribution in [0.1, 0.15) is 66.5 Å². The summed E-state index contributed by atoms with van der Waals surface area (Å²) in [5.74, 6) is 1.38. The summed E-state index contributed by atoms with van der Waals surface area (Å²) in [5, 5.41) is 3.62. The lowest BCUT2D eigenvalue weighted by Crippen LogP contribution is -2.40. The van der Waals surface area contributed by atoms with Crippen LogP contribution in [0.4, 0.5) is 0 Å². The SMILES string of the molecule is CC(CNC(C)(C)C)C(C)Cc1ccc(C(C)(C)C)cc1. The smallest absolute Gasteiger partial charge is 0.00966 e. The normalized spacial score (nSPS) is 15.8. The third-order valence-electron chi connectivity index (χ3n) is 4.30. The maximum absolute atomic E-state index is 3.62. The minimum atomic E-state index is 0.211. The molecule has 2 atom stereocenters. The molecule has 120 valence electrons. The minimum Gasteiger partial charge on any atom is -0.312 e. The maximum atomic E-state index is 3.62. The van der Waals surface area contributed by atoms with Crippen LogP contribution in [0.2, 0.25) is 0 Å². The fourth-order valence-electron chi connectivity index (χ4n) is 2.38. The lowest BCUT2D eigenvalue weighted by Gasteiger charge is -2.27. The van der Waals surface area contributed by atoms with E-state index in [0.717, 1.165) is 13.0 Å². The Labute approximate surface area is 132 Å². The molecule has 0 spiro atoms. The van der Waals surface area contributed by atoms with Crippen LogP contribution in [-0.2, 0) is 11.8 Å². The molecule has 1 N–H and O–H groups in total. The van der Waals surface area contributed by atoms with E-state index in [9.17, 15) is 0 Å². The Balaban J connectivity index is 2.56. The minimum absolute atomic E-state index is 0.211. The lowest BCUT2D eigenvalue weighted by molar-refractivity contribution is 0.317. The van der Waals surface area contributed by atoms with Crippen molar-refractivity contribution < 1.29 is 0 Å². The van der Waals surface area contributed by atoms with E-state index in [1.54, 1.807) is 0 Å². The molecule has 0 aliphatic heterocycles. The predicted molar refractivity (Wildman–Crippen MR) is 94.9 cm³/mol. The van der Waals surface area contributed by atoms with E-state index in [0.29, 0.717) is 11.8 Å². The predicted octanol–water partition coefficient (Wildman–Crippen LogP) is 5.19. The van der Waals surface area contributed by atoms with Gasteiger partial charge in [-0.05, 0) is 62.1 Å². The van der Waals surface area contributed by atoms with E-state index in [4.69, 9.17) is 0 Å². The molecule has 2 unspecified atom stereocenters. The summed E-state index contributed by atoms with van der Waals surface area (Å²) in [5.41, 5.74) is 3.33. The molecule has 0 heterocycles. The van der Waals surface area contributed by atoms with Gasteiger partial charge in [-0.2, -0.15) is 0 Å². The molecule has 1 rings (SSSR count). The van der Waals surface area contributed by atoms with Gasteiger partial charge in [0.05, 0.1) is 0 Å². The molecule has 0 amide bonds. The highest BCUT2D eigenvalue weighted by Gasteiger charge is 2.17. The molecule has 1 nitrogen and oxygen atoms in total. The summed E-state index contributed by atoms with van der Waals surface area (Å²) in [6.07, 6.45) is 1.16. The summed E-state index contributed by atoms with van der Waals surface area (Å²) < 4.78 is 0. The van der Waals surface area contributed by atoms with Gasteiger partial charge in [-0.1, -0.05) is 58.9 Å². The van der Waals surface area contributed by atoms with Gasteiger partial charge in [-0.3, -0.25) is 0 Å². The van der Waals surface area contributed by atoms with E-state index in [2.05, 4.69) is 85.0 Å². The van der Waals surface area contributed by atoms with Crippen molar-refractivity contribution in [3.63, 3.8) is 0 Å². The summed E-state index contributed by atoms with van der Waals surface area (Å²) in [4.78, 5) is 0. The summed E-state index contributed by atoms with van der Waals surface area (Å²) in [6, 6.07) is 9.20. The van der Waals surface area contributed by atoms with Gasteiger partial charge in [0, 0.05) is 5.54 Å². The molecule has 1 aromatic carbocycles. The van der Waals surface area contributed by atoms with Gasteiger partial charge in [0.25, 0.3) is 0 Å². The van der Waals surface area contributed by atoms with Crippen molar-refractivity contribution in [1.29, 1.82) is 0 Å². The van der Waals surface area contributed by atoms with Crippen molar-refractivity contribution in [3.8, 4) is 0 Å². The first kappa shape index (κ1) is 18.2. The van der Waals surface area contributed by atoms with E-state index in [1.807, 2.05) is 0 Å². The molecule has 0 aromatic heterocycles. The Bertz CT molecular complexity index is 417. The first-order valence-corrected chi connectivity index (χ1v) is 8.33. The van der Waals surface area contributed by atoms with E-state index >= 15 is 0 Å². The molecule has 0 aliphatic carbocycles. The molecule has 21 heavy (non-hydrogen) atoms. The number of hydrogen-bond donors (Lipinski definition) is 1. The average Bonchev–Trinajstić information content (AvgIpc) is 2.34. The third-order valence-corrected chi connectivity index (χ3v) is 4.30. The van der Waals surface area contributed by atoms with Crippen molar-refractivity contribution >= 4 is 0 Å². The Kier molecular flexibility index (Phi) is 6.04. The van der Waals surface area contributed by atoms with Crippen LogP contribution in [0, 0.1) is 11.8 Å². The van der Waals surface area contributed by atoms with Crippen molar-refractivity contribution in [2.24, 2.45) is 11.8 Å². The van der Waals surface area contributed by atoms with Crippen molar-refractivity contribution in [1.82, 2.24) is 5.32 Å².